The number of hydrogen-bond acceptors (Lipinski definition) is 3. The van der Waals surface area contributed by atoms with Crippen LogP contribution in [0.4, 0.5) is 15.8 Å². The van der Waals surface area contributed by atoms with Crippen molar-refractivity contribution in [3.05, 3.63) is 54.1 Å². The van der Waals surface area contributed by atoms with E-state index in [4.69, 9.17) is 5.73 Å². The van der Waals surface area contributed by atoms with E-state index >= 15 is 0 Å². The number of nitrogen functional groups attached to an aromatic ring is 1. The van der Waals surface area contributed by atoms with Crippen molar-refractivity contribution in [2.75, 3.05) is 11.1 Å². The number of nitrogens with two attached hydrogens (primary N) is 1. The SMILES string of the molecule is Nc1ccc(NCc2ccncc2)cc1F. The first kappa shape index (κ1) is 10.4. The van der Waals surface area contributed by atoms with E-state index in [-0.39, 0.29) is 5.69 Å². The minimum atomic E-state index is -0.403. The second kappa shape index (κ2) is 4.61. The number of aromatic nitrogens is 1. The van der Waals surface area contributed by atoms with Gasteiger partial charge in [0.05, 0.1) is 5.69 Å². The van der Waals surface area contributed by atoms with Crippen LogP contribution < -0.4 is 11.1 Å². The molecule has 0 aliphatic rings. The number of anilines is 2. The van der Waals surface area contributed by atoms with Gasteiger partial charge in [0, 0.05) is 24.6 Å². The highest BCUT2D eigenvalue weighted by atomic mass is 19.1. The van der Waals surface area contributed by atoms with Gasteiger partial charge < -0.3 is 11.1 Å². The summed E-state index contributed by atoms with van der Waals surface area (Å²) in [6, 6.07) is 8.49. The van der Waals surface area contributed by atoms with E-state index in [1.165, 1.54) is 6.07 Å². The maximum absolute atomic E-state index is 13.1. The van der Waals surface area contributed by atoms with Crippen molar-refractivity contribution in [3.8, 4) is 0 Å². The standard InChI is InChI=1S/C12H12FN3/c13-11-7-10(1-2-12(11)14)16-8-9-3-5-15-6-4-9/h1-7,16H,8,14H2. The van der Waals surface area contributed by atoms with Crippen LogP contribution in [0.3, 0.4) is 0 Å². The number of nitrogens with one attached hydrogen (secondary N) is 1. The summed E-state index contributed by atoms with van der Waals surface area (Å²) in [6.07, 6.45) is 3.45. The van der Waals surface area contributed by atoms with Crippen molar-refractivity contribution in [3.63, 3.8) is 0 Å². The Bertz CT molecular complexity index is 471. The average Bonchev–Trinajstić information content (AvgIpc) is 2.32. The molecule has 3 nitrogen and oxygen atoms in total. The summed E-state index contributed by atoms with van der Waals surface area (Å²) in [5.41, 5.74) is 7.35. The molecule has 2 rings (SSSR count). The van der Waals surface area contributed by atoms with Crippen LogP contribution in [-0.2, 0) is 6.54 Å². The Kier molecular flexibility index (Phi) is 3.00. The van der Waals surface area contributed by atoms with Gasteiger partial charge in [-0.1, -0.05) is 0 Å². The number of pyridine rings is 1. The molecule has 2 aromatic rings. The predicted octanol–water partition coefficient (Wildman–Crippen LogP) is 2.42. The molecule has 0 saturated heterocycles. The zero-order valence-electron chi connectivity index (χ0n) is 8.65. The lowest BCUT2D eigenvalue weighted by Gasteiger charge is -2.07. The summed E-state index contributed by atoms with van der Waals surface area (Å²) in [7, 11) is 0. The van der Waals surface area contributed by atoms with Crippen LogP contribution in [0.25, 0.3) is 0 Å². The smallest absolute Gasteiger partial charge is 0.148 e. The molecule has 0 amide bonds. The fraction of sp³-hybridized carbons (Fsp3) is 0.0833. The lowest BCUT2D eigenvalue weighted by molar-refractivity contribution is 0.633. The van der Waals surface area contributed by atoms with Crippen LogP contribution >= 0.6 is 0 Å². The molecular formula is C12H12FN3. The molecule has 0 bridgehead atoms. The van der Waals surface area contributed by atoms with Crippen LogP contribution in [0.15, 0.2) is 42.7 Å². The second-order valence-electron chi connectivity index (χ2n) is 3.45. The molecule has 4 heteroatoms. The largest absolute Gasteiger partial charge is 0.396 e. The molecule has 0 aliphatic heterocycles. The molecule has 1 heterocycles. The Morgan fingerprint density at radius 2 is 1.94 bits per heavy atom. The summed E-state index contributed by atoms with van der Waals surface area (Å²) in [6.45, 7) is 0.631. The third-order valence-corrected chi connectivity index (χ3v) is 2.25. The van der Waals surface area contributed by atoms with E-state index in [0.29, 0.717) is 12.2 Å². The highest BCUT2D eigenvalue weighted by Crippen LogP contribution is 2.16. The quantitative estimate of drug-likeness (QED) is 0.776. The van der Waals surface area contributed by atoms with Gasteiger partial charge in [-0.15, -0.1) is 0 Å². The van der Waals surface area contributed by atoms with Gasteiger partial charge in [0.2, 0.25) is 0 Å². The Hall–Kier alpha value is -2.10. The van der Waals surface area contributed by atoms with Gasteiger partial charge in [0.25, 0.3) is 0 Å². The lowest BCUT2D eigenvalue weighted by atomic mass is 10.2. The van der Waals surface area contributed by atoms with E-state index in [0.717, 1.165) is 5.56 Å². The highest BCUT2D eigenvalue weighted by Gasteiger charge is 1.99. The normalized spacial score (nSPS) is 10.1. The van der Waals surface area contributed by atoms with Crippen LogP contribution in [0.5, 0.6) is 0 Å². The Morgan fingerprint density at radius 1 is 1.19 bits per heavy atom. The van der Waals surface area contributed by atoms with E-state index in [1.54, 1.807) is 24.5 Å². The molecular weight excluding hydrogens is 205 g/mol. The molecule has 0 aliphatic carbocycles. The van der Waals surface area contributed by atoms with Gasteiger partial charge >= 0.3 is 0 Å². The fourth-order valence-corrected chi connectivity index (χ4v) is 1.34. The Labute approximate surface area is 93.1 Å². The first-order valence-electron chi connectivity index (χ1n) is 4.93. The summed E-state index contributed by atoms with van der Waals surface area (Å²) in [4.78, 5) is 3.92. The van der Waals surface area contributed by atoms with Crippen molar-refractivity contribution in [1.82, 2.24) is 4.98 Å². The predicted molar refractivity (Wildman–Crippen MR) is 62.4 cm³/mol. The molecule has 0 unspecified atom stereocenters. The highest BCUT2D eigenvalue weighted by molar-refractivity contribution is 5.52. The molecule has 0 radical (unpaired) electrons. The summed E-state index contributed by atoms with van der Waals surface area (Å²) in [5.74, 6) is -0.403. The molecule has 0 fully saturated rings. The molecule has 3 N–H and O–H groups in total. The van der Waals surface area contributed by atoms with Crippen LogP contribution in [-0.4, -0.2) is 4.98 Å². The van der Waals surface area contributed by atoms with Gasteiger partial charge in [0.15, 0.2) is 0 Å². The van der Waals surface area contributed by atoms with Gasteiger partial charge in [-0.05, 0) is 35.9 Å². The average molecular weight is 217 g/mol. The molecule has 0 spiro atoms. The molecule has 82 valence electrons. The van der Waals surface area contributed by atoms with Crippen LogP contribution in [0.2, 0.25) is 0 Å². The van der Waals surface area contributed by atoms with Crippen molar-refractivity contribution < 1.29 is 4.39 Å². The van der Waals surface area contributed by atoms with Crippen molar-refractivity contribution >= 4 is 11.4 Å². The summed E-state index contributed by atoms with van der Waals surface area (Å²) in [5, 5.41) is 3.11. The minimum absolute atomic E-state index is 0.162. The van der Waals surface area contributed by atoms with E-state index in [2.05, 4.69) is 10.3 Å². The molecule has 1 aromatic heterocycles. The number of rotatable bonds is 3. The fourth-order valence-electron chi connectivity index (χ4n) is 1.34. The lowest BCUT2D eigenvalue weighted by Crippen LogP contribution is -2.00. The third-order valence-electron chi connectivity index (χ3n) is 2.25. The first-order valence-corrected chi connectivity index (χ1v) is 4.93. The second-order valence-corrected chi connectivity index (χ2v) is 3.45. The Morgan fingerprint density at radius 3 is 2.62 bits per heavy atom. The topological polar surface area (TPSA) is 50.9 Å². The Balaban J connectivity index is 2.03. The first-order chi connectivity index (χ1) is 7.75. The van der Waals surface area contributed by atoms with Crippen molar-refractivity contribution in [1.29, 1.82) is 0 Å². The third kappa shape index (κ3) is 2.48. The zero-order chi connectivity index (χ0) is 11.4. The van der Waals surface area contributed by atoms with Crippen molar-refractivity contribution in [2.45, 2.75) is 6.54 Å². The number of benzene rings is 1. The summed E-state index contributed by atoms with van der Waals surface area (Å²) >= 11 is 0. The molecule has 0 saturated carbocycles. The molecule has 16 heavy (non-hydrogen) atoms. The number of nitrogens with zero attached hydrogens (tertiary/aromatic N) is 1. The van der Waals surface area contributed by atoms with E-state index in [1.807, 2.05) is 12.1 Å². The van der Waals surface area contributed by atoms with Gasteiger partial charge in [-0.2, -0.15) is 0 Å². The minimum Gasteiger partial charge on any atom is -0.396 e. The maximum atomic E-state index is 13.1. The molecule has 0 atom stereocenters. The van der Waals surface area contributed by atoms with Gasteiger partial charge in [0.1, 0.15) is 5.82 Å². The van der Waals surface area contributed by atoms with Gasteiger partial charge in [-0.3, -0.25) is 4.98 Å². The molecule has 1 aromatic carbocycles. The van der Waals surface area contributed by atoms with Crippen molar-refractivity contribution in [2.24, 2.45) is 0 Å². The summed E-state index contributed by atoms with van der Waals surface area (Å²) < 4.78 is 13.1. The van der Waals surface area contributed by atoms with Crippen LogP contribution in [0, 0.1) is 5.82 Å². The van der Waals surface area contributed by atoms with Gasteiger partial charge in [-0.25, -0.2) is 4.39 Å². The maximum Gasteiger partial charge on any atom is 0.148 e. The number of hydrogen-bond donors (Lipinski definition) is 2. The monoisotopic (exact) mass is 217 g/mol. The van der Waals surface area contributed by atoms with Crippen LogP contribution in [0.1, 0.15) is 5.56 Å². The zero-order valence-corrected chi connectivity index (χ0v) is 8.65. The van der Waals surface area contributed by atoms with E-state index in [9.17, 15) is 4.39 Å². The van der Waals surface area contributed by atoms with E-state index < -0.39 is 5.82 Å². The number of halogens is 1.